The minimum Gasteiger partial charge on any atom is -0.351 e. The zero-order chi connectivity index (χ0) is 19.6. The number of amides is 1. The predicted octanol–water partition coefficient (Wildman–Crippen LogP) is 4.42. The maximum Gasteiger partial charge on any atom is 0.255 e. The molecule has 0 fully saturated rings. The molecule has 3 rings (SSSR count). The summed E-state index contributed by atoms with van der Waals surface area (Å²) in [6.45, 7) is 8.43. The van der Waals surface area contributed by atoms with Crippen LogP contribution in [-0.2, 0) is 10.2 Å². The van der Waals surface area contributed by atoms with Crippen molar-refractivity contribution < 1.29 is 4.79 Å². The van der Waals surface area contributed by atoms with E-state index in [1.165, 1.54) is 5.56 Å². The largest absolute Gasteiger partial charge is 0.351 e. The summed E-state index contributed by atoms with van der Waals surface area (Å²) in [6, 6.07) is 17.5. The van der Waals surface area contributed by atoms with Crippen molar-refractivity contribution in [2.45, 2.75) is 39.2 Å². The molecule has 0 aliphatic carbocycles. The number of allylic oxidation sites excluding steroid dienone is 1. The Morgan fingerprint density at radius 1 is 1.04 bits per heavy atom. The van der Waals surface area contributed by atoms with E-state index in [1.54, 1.807) is 0 Å². The highest BCUT2D eigenvalue weighted by atomic mass is 32.1. The van der Waals surface area contributed by atoms with Crippen molar-refractivity contribution in [2.24, 2.45) is 0 Å². The molecule has 1 aliphatic heterocycles. The van der Waals surface area contributed by atoms with Crippen LogP contribution in [0.15, 0.2) is 65.9 Å². The van der Waals surface area contributed by atoms with Gasteiger partial charge in [-0.05, 0) is 47.8 Å². The number of carbonyl (C=O) groups excluding carboxylic acids is 1. The molecule has 5 heteroatoms. The van der Waals surface area contributed by atoms with Crippen molar-refractivity contribution in [3.05, 3.63) is 77.0 Å². The minimum absolute atomic E-state index is 0.0780. The number of hydrogen-bond acceptors (Lipinski definition) is 2. The van der Waals surface area contributed by atoms with Crippen LogP contribution in [-0.4, -0.2) is 11.0 Å². The van der Waals surface area contributed by atoms with Gasteiger partial charge in [-0.25, -0.2) is 0 Å². The van der Waals surface area contributed by atoms with E-state index in [9.17, 15) is 4.79 Å². The van der Waals surface area contributed by atoms with Crippen molar-refractivity contribution in [3.8, 4) is 0 Å². The number of anilines is 1. The molecule has 0 aromatic heterocycles. The molecule has 27 heavy (non-hydrogen) atoms. The fraction of sp³-hybridized carbons (Fsp3) is 0.273. The number of benzene rings is 2. The highest BCUT2D eigenvalue weighted by Gasteiger charge is 2.30. The molecule has 140 valence electrons. The molecule has 0 spiro atoms. The van der Waals surface area contributed by atoms with E-state index in [4.69, 9.17) is 12.2 Å². The Morgan fingerprint density at radius 2 is 1.67 bits per heavy atom. The molecular formula is C22H25N3OS. The normalized spacial score (nSPS) is 17.2. The van der Waals surface area contributed by atoms with Gasteiger partial charge >= 0.3 is 0 Å². The second-order valence-electron chi connectivity index (χ2n) is 7.76. The Hall–Kier alpha value is -2.66. The van der Waals surface area contributed by atoms with E-state index < -0.39 is 0 Å². The van der Waals surface area contributed by atoms with Crippen LogP contribution in [0.25, 0.3) is 0 Å². The third-order valence-corrected chi connectivity index (χ3v) is 4.88. The standard InChI is InChI=1S/C22H25N3OS/c1-14-18(20(26)24-17-8-6-5-7-9-17)19(25-21(27)23-14)15-10-12-16(13-11-15)22(2,3)4/h5-13,19H,1-4H3,(H,24,26)(H2,23,25,27)/t19-/m1/s1. The number of nitrogens with one attached hydrogen (secondary N) is 3. The molecule has 0 bridgehead atoms. The zero-order valence-corrected chi connectivity index (χ0v) is 16.9. The van der Waals surface area contributed by atoms with Crippen LogP contribution in [0.2, 0.25) is 0 Å². The van der Waals surface area contributed by atoms with Gasteiger partial charge in [0.05, 0.1) is 11.6 Å². The summed E-state index contributed by atoms with van der Waals surface area (Å²) in [7, 11) is 0. The van der Waals surface area contributed by atoms with Crippen LogP contribution in [0, 0.1) is 0 Å². The first-order chi connectivity index (χ1) is 12.8. The lowest BCUT2D eigenvalue weighted by atomic mass is 9.85. The van der Waals surface area contributed by atoms with E-state index in [2.05, 4.69) is 61.0 Å². The monoisotopic (exact) mass is 379 g/mol. The molecule has 1 atom stereocenters. The SMILES string of the molecule is CC1=C(C(=O)Nc2ccccc2)[C@@H](c2ccc(C(C)(C)C)cc2)NC(=S)N1. The van der Waals surface area contributed by atoms with Gasteiger partial charge in [0.15, 0.2) is 5.11 Å². The molecule has 0 saturated carbocycles. The summed E-state index contributed by atoms with van der Waals surface area (Å²) in [4.78, 5) is 13.0. The van der Waals surface area contributed by atoms with Gasteiger partial charge in [0.25, 0.3) is 5.91 Å². The van der Waals surface area contributed by atoms with E-state index in [-0.39, 0.29) is 17.4 Å². The molecule has 0 radical (unpaired) electrons. The van der Waals surface area contributed by atoms with Crippen LogP contribution in [0.5, 0.6) is 0 Å². The van der Waals surface area contributed by atoms with Crippen molar-refractivity contribution >= 4 is 28.9 Å². The first-order valence-electron chi connectivity index (χ1n) is 9.01. The van der Waals surface area contributed by atoms with Gasteiger partial charge in [-0.3, -0.25) is 4.79 Å². The molecule has 1 aliphatic rings. The lowest BCUT2D eigenvalue weighted by Crippen LogP contribution is -2.45. The summed E-state index contributed by atoms with van der Waals surface area (Å²) in [5, 5.41) is 9.80. The summed E-state index contributed by atoms with van der Waals surface area (Å²) < 4.78 is 0. The second-order valence-corrected chi connectivity index (χ2v) is 8.17. The number of thiocarbonyl (C=S) groups is 1. The maximum atomic E-state index is 13.0. The van der Waals surface area contributed by atoms with Crippen LogP contribution in [0.3, 0.4) is 0 Å². The molecule has 1 amide bonds. The fourth-order valence-electron chi connectivity index (χ4n) is 3.14. The number of rotatable bonds is 3. The van der Waals surface area contributed by atoms with Crippen molar-refractivity contribution in [1.82, 2.24) is 10.6 Å². The zero-order valence-electron chi connectivity index (χ0n) is 16.1. The molecule has 0 saturated heterocycles. The molecule has 1 heterocycles. The summed E-state index contributed by atoms with van der Waals surface area (Å²) >= 11 is 5.33. The van der Waals surface area contributed by atoms with Gasteiger partial charge in [-0.15, -0.1) is 0 Å². The predicted molar refractivity (Wildman–Crippen MR) is 115 cm³/mol. The molecule has 0 unspecified atom stereocenters. The number of hydrogen-bond donors (Lipinski definition) is 3. The van der Waals surface area contributed by atoms with E-state index in [0.29, 0.717) is 10.7 Å². The van der Waals surface area contributed by atoms with Crippen molar-refractivity contribution in [3.63, 3.8) is 0 Å². The molecule has 2 aromatic carbocycles. The van der Waals surface area contributed by atoms with Gasteiger partial charge in [-0.1, -0.05) is 63.2 Å². The van der Waals surface area contributed by atoms with Gasteiger partial charge in [0.1, 0.15) is 0 Å². The molecular weight excluding hydrogens is 354 g/mol. The van der Waals surface area contributed by atoms with E-state index in [0.717, 1.165) is 16.9 Å². The van der Waals surface area contributed by atoms with Gasteiger partial charge < -0.3 is 16.0 Å². The van der Waals surface area contributed by atoms with Crippen LogP contribution < -0.4 is 16.0 Å². The van der Waals surface area contributed by atoms with E-state index in [1.807, 2.05) is 37.3 Å². The third-order valence-electron chi connectivity index (χ3n) is 4.66. The van der Waals surface area contributed by atoms with Crippen LogP contribution in [0.4, 0.5) is 5.69 Å². The highest BCUT2D eigenvalue weighted by Crippen LogP contribution is 2.30. The summed E-state index contributed by atoms with van der Waals surface area (Å²) in [6.07, 6.45) is 0. The Kier molecular flexibility index (Phi) is 5.33. The number of para-hydroxylation sites is 1. The van der Waals surface area contributed by atoms with Crippen LogP contribution >= 0.6 is 12.2 Å². The third kappa shape index (κ3) is 4.37. The van der Waals surface area contributed by atoms with Gasteiger partial charge in [-0.2, -0.15) is 0 Å². The van der Waals surface area contributed by atoms with Gasteiger partial charge in [0, 0.05) is 11.4 Å². The second kappa shape index (κ2) is 7.53. The highest BCUT2D eigenvalue weighted by molar-refractivity contribution is 7.80. The van der Waals surface area contributed by atoms with Crippen LogP contribution in [0.1, 0.15) is 44.9 Å². The first-order valence-corrected chi connectivity index (χ1v) is 9.41. The maximum absolute atomic E-state index is 13.0. The topological polar surface area (TPSA) is 53.2 Å². The first kappa shape index (κ1) is 19.1. The minimum atomic E-state index is -0.295. The quantitative estimate of drug-likeness (QED) is 0.691. The van der Waals surface area contributed by atoms with Gasteiger partial charge in [0.2, 0.25) is 0 Å². The lowest BCUT2D eigenvalue weighted by molar-refractivity contribution is -0.113. The van der Waals surface area contributed by atoms with Crippen molar-refractivity contribution in [1.29, 1.82) is 0 Å². The molecule has 3 N–H and O–H groups in total. The average Bonchev–Trinajstić information content (AvgIpc) is 2.61. The fourth-order valence-corrected chi connectivity index (χ4v) is 3.41. The molecule has 4 nitrogen and oxygen atoms in total. The summed E-state index contributed by atoms with van der Waals surface area (Å²) in [5.41, 5.74) is 4.49. The average molecular weight is 380 g/mol. The Labute approximate surface area is 166 Å². The Balaban J connectivity index is 1.93. The smallest absolute Gasteiger partial charge is 0.255 e. The Morgan fingerprint density at radius 3 is 2.26 bits per heavy atom. The lowest BCUT2D eigenvalue weighted by Gasteiger charge is -2.31. The number of carbonyl (C=O) groups is 1. The molecule has 2 aromatic rings. The van der Waals surface area contributed by atoms with E-state index >= 15 is 0 Å². The summed E-state index contributed by atoms with van der Waals surface area (Å²) in [5.74, 6) is -0.147. The Bertz CT molecular complexity index is 880. The van der Waals surface area contributed by atoms with Crippen molar-refractivity contribution in [2.75, 3.05) is 5.32 Å².